The Morgan fingerprint density at radius 3 is 2.70 bits per heavy atom. The second-order valence-corrected chi connectivity index (χ2v) is 6.47. The molecule has 2 unspecified atom stereocenters. The molecule has 2 aliphatic rings. The average Bonchev–Trinajstić information content (AvgIpc) is 2.53. The molecule has 20 heavy (non-hydrogen) atoms. The number of ether oxygens (including phenoxy) is 1. The van der Waals surface area contributed by atoms with Gasteiger partial charge in [0.25, 0.3) is 0 Å². The van der Waals surface area contributed by atoms with Gasteiger partial charge in [0.05, 0.1) is 12.7 Å². The number of benzene rings is 1. The van der Waals surface area contributed by atoms with Crippen LogP contribution < -0.4 is 5.73 Å². The maximum atomic E-state index is 6.36. The summed E-state index contributed by atoms with van der Waals surface area (Å²) in [6.07, 6.45) is 10.5. The molecule has 0 aromatic heterocycles. The summed E-state index contributed by atoms with van der Waals surface area (Å²) in [4.78, 5) is 0. The number of hydrogen-bond acceptors (Lipinski definition) is 2. The van der Waals surface area contributed by atoms with Crippen LogP contribution in [0.2, 0.25) is 0 Å². The molecule has 0 amide bonds. The first-order chi connectivity index (χ1) is 9.84. The topological polar surface area (TPSA) is 35.2 Å². The first kappa shape index (κ1) is 14.1. The highest BCUT2D eigenvalue weighted by Crippen LogP contribution is 2.33. The summed E-state index contributed by atoms with van der Waals surface area (Å²) in [5.41, 5.74) is 9.23. The fourth-order valence-corrected chi connectivity index (χ4v) is 3.81. The van der Waals surface area contributed by atoms with Crippen LogP contribution in [0.3, 0.4) is 0 Å². The molecule has 0 saturated heterocycles. The van der Waals surface area contributed by atoms with Gasteiger partial charge in [-0.2, -0.15) is 0 Å². The van der Waals surface area contributed by atoms with E-state index in [1.54, 1.807) is 0 Å². The van der Waals surface area contributed by atoms with Gasteiger partial charge in [-0.1, -0.05) is 43.5 Å². The Labute approximate surface area is 122 Å². The van der Waals surface area contributed by atoms with E-state index in [1.165, 1.54) is 56.1 Å². The summed E-state index contributed by atoms with van der Waals surface area (Å²) in [6.45, 7) is 0.726. The third-order valence-corrected chi connectivity index (χ3v) is 5.06. The monoisotopic (exact) mass is 273 g/mol. The third-order valence-electron chi connectivity index (χ3n) is 5.06. The molecule has 0 spiro atoms. The fraction of sp³-hybridized carbons (Fsp3) is 0.667. The Balaban J connectivity index is 1.56. The van der Waals surface area contributed by atoms with E-state index in [0.717, 1.165) is 13.0 Å². The van der Waals surface area contributed by atoms with Crippen LogP contribution in [-0.4, -0.2) is 12.6 Å². The summed E-state index contributed by atoms with van der Waals surface area (Å²) >= 11 is 0. The van der Waals surface area contributed by atoms with Crippen LogP contribution >= 0.6 is 0 Å². The zero-order chi connectivity index (χ0) is 13.8. The van der Waals surface area contributed by atoms with Gasteiger partial charge >= 0.3 is 0 Å². The molecule has 2 N–H and O–H groups in total. The van der Waals surface area contributed by atoms with Crippen molar-refractivity contribution in [3.05, 3.63) is 35.4 Å². The number of fused-ring (bicyclic) bond motifs is 1. The van der Waals surface area contributed by atoms with E-state index >= 15 is 0 Å². The minimum absolute atomic E-state index is 0.226. The van der Waals surface area contributed by atoms with Crippen molar-refractivity contribution in [1.82, 2.24) is 0 Å². The Hall–Kier alpha value is -0.860. The molecule has 2 nitrogen and oxygen atoms in total. The SMILES string of the molecule is NC(COC1CCCc2ccccc21)C1CCCCC1. The molecular formula is C18H27NO. The van der Waals surface area contributed by atoms with E-state index in [9.17, 15) is 0 Å². The first-order valence-corrected chi connectivity index (χ1v) is 8.29. The Morgan fingerprint density at radius 2 is 1.85 bits per heavy atom. The van der Waals surface area contributed by atoms with Gasteiger partial charge in [-0.25, -0.2) is 0 Å². The summed E-state index contributed by atoms with van der Waals surface area (Å²) in [5.74, 6) is 0.683. The van der Waals surface area contributed by atoms with E-state index < -0.39 is 0 Å². The van der Waals surface area contributed by atoms with E-state index in [1.807, 2.05) is 0 Å². The van der Waals surface area contributed by atoms with Crippen molar-refractivity contribution >= 4 is 0 Å². The molecule has 0 radical (unpaired) electrons. The highest BCUT2D eigenvalue weighted by Gasteiger charge is 2.24. The lowest BCUT2D eigenvalue weighted by molar-refractivity contribution is 0.0203. The summed E-state index contributed by atoms with van der Waals surface area (Å²) in [7, 11) is 0. The van der Waals surface area contributed by atoms with Crippen molar-refractivity contribution in [2.75, 3.05) is 6.61 Å². The Bertz CT molecular complexity index is 425. The molecule has 0 aliphatic heterocycles. The lowest BCUT2D eigenvalue weighted by atomic mass is 9.84. The van der Waals surface area contributed by atoms with Crippen LogP contribution in [0.1, 0.15) is 62.2 Å². The summed E-state index contributed by atoms with van der Waals surface area (Å²) < 4.78 is 6.20. The molecule has 1 aromatic carbocycles. The van der Waals surface area contributed by atoms with Crippen LogP contribution in [0.25, 0.3) is 0 Å². The quantitative estimate of drug-likeness (QED) is 0.900. The van der Waals surface area contributed by atoms with E-state index in [2.05, 4.69) is 24.3 Å². The smallest absolute Gasteiger partial charge is 0.0828 e. The largest absolute Gasteiger partial charge is 0.372 e. The molecule has 1 fully saturated rings. The van der Waals surface area contributed by atoms with Gasteiger partial charge in [-0.3, -0.25) is 0 Å². The molecule has 2 heteroatoms. The second kappa shape index (κ2) is 6.73. The zero-order valence-corrected chi connectivity index (χ0v) is 12.4. The molecule has 2 aliphatic carbocycles. The third kappa shape index (κ3) is 3.24. The highest BCUT2D eigenvalue weighted by molar-refractivity contribution is 5.31. The van der Waals surface area contributed by atoms with Gasteiger partial charge in [-0.05, 0) is 49.1 Å². The van der Waals surface area contributed by atoms with Gasteiger partial charge in [0.15, 0.2) is 0 Å². The first-order valence-electron chi connectivity index (χ1n) is 8.29. The normalized spacial score (nSPS) is 25.1. The minimum Gasteiger partial charge on any atom is -0.372 e. The number of rotatable bonds is 4. The van der Waals surface area contributed by atoms with Gasteiger partial charge in [0.1, 0.15) is 0 Å². The molecular weight excluding hydrogens is 246 g/mol. The molecule has 0 bridgehead atoms. The Morgan fingerprint density at radius 1 is 1.05 bits per heavy atom. The lowest BCUT2D eigenvalue weighted by Crippen LogP contribution is -2.36. The molecule has 1 aromatic rings. The second-order valence-electron chi connectivity index (χ2n) is 6.47. The van der Waals surface area contributed by atoms with Crippen molar-refractivity contribution < 1.29 is 4.74 Å². The van der Waals surface area contributed by atoms with Crippen molar-refractivity contribution in [2.45, 2.75) is 63.5 Å². The number of hydrogen-bond donors (Lipinski definition) is 1. The summed E-state index contributed by atoms with van der Waals surface area (Å²) in [6, 6.07) is 8.96. The molecule has 110 valence electrons. The van der Waals surface area contributed by atoms with E-state index in [-0.39, 0.29) is 12.1 Å². The predicted molar refractivity (Wildman–Crippen MR) is 82.6 cm³/mol. The van der Waals surface area contributed by atoms with Crippen molar-refractivity contribution in [1.29, 1.82) is 0 Å². The number of aryl methyl sites for hydroxylation is 1. The average molecular weight is 273 g/mol. The van der Waals surface area contributed by atoms with Crippen LogP contribution in [-0.2, 0) is 11.2 Å². The van der Waals surface area contributed by atoms with Crippen molar-refractivity contribution in [3.8, 4) is 0 Å². The van der Waals surface area contributed by atoms with Gasteiger partial charge in [0, 0.05) is 6.04 Å². The Kier molecular flexibility index (Phi) is 4.74. The minimum atomic E-state index is 0.226. The van der Waals surface area contributed by atoms with E-state index in [4.69, 9.17) is 10.5 Å². The van der Waals surface area contributed by atoms with Gasteiger partial charge < -0.3 is 10.5 Å². The summed E-state index contributed by atoms with van der Waals surface area (Å²) in [5, 5.41) is 0. The van der Waals surface area contributed by atoms with E-state index in [0.29, 0.717) is 5.92 Å². The van der Waals surface area contributed by atoms with Crippen molar-refractivity contribution in [3.63, 3.8) is 0 Å². The van der Waals surface area contributed by atoms with Gasteiger partial charge in [-0.15, -0.1) is 0 Å². The van der Waals surface area contributed by atoms with Crippen LogP contribution in [0, 0.1) is 5.92 Å². The maximum absolute atomic E-state index is 6.36. The van der Waals surface area contributed by atoms with Crippen molar-refractivity contribution in [2.24, 2.45) is 11.7 Å². The van der Waals surface area contributed by atoms with Crippen LogP contribution in [0.15, 0.2) is 24.3 Å². The predicted octanol–water partition coefficient (Wildman–Crippen LogP) is 3.99. The van der Waals surface area contributed by atoms with Crippen LogP contribution in [0.4, 0.5) is 0 Å². The molecule has 2 atom stereocenters. The lowest BCUT2D eigenvalue weighted by Gasteiger charge is -2.30. The molecule has 3 rings (SSSR count). The standard InChI is InChI=1S/C18H27NO/c19-17(15-8-2-1-3-9-15)13-20-18-12-6-10-14-7-4-5-11-16(14)18/h4-5,7,11,15,17-18H,1-3,6,8-10,12-13,19H2. The molecule has 1 saturated carbocycles. The molecule has 0 heterocycles. The highest BCUT2D eigenvalue weighted by atomic mass is 16.5. The zero-order valence-electron chi connectivity index (χ0n) is 12.4. The maximum Gasteiger partial charge on any atom is 0.0828 e. The number of nitrogens with two attached hydrogens (primary N) is 1. The van der Waals surface area contributed by atoms with Crippen LogP contribution in [0.5, 0.6) is 0 Å². The fourth-order valence-electron chi connectivity index (χ4n) is 3.81. The van der Waals surface area contributed by atoms with Gasteiger partial charge in [0.2, 0.25) is 0 Å².